The van der Waals surface area contributed by atoms with E-state index in [4.69, 9.17) is 5.10 Å². The van der Waals surface area contributed by atoms with E-state index in [0.29, 0.717) is 5.56 Å². The molecule has 0 spiro atoms. The summed E-state index contributed by atoms with van der Waals surface area (Å²) in [7, 11) is 0. The minimum atomic E-state index is -0.201. The number of carbonyl (C=O) groups excluding carboxylic acids is 1. The van der Waals surface area contributed by atoms with Crippen molar-refractivity contribution >= 4 is 18.3 Å². The number of piperidine rings is 1. The van der Waals surface area contributed by atoms with Crippen LogP contribution in [-0.4, -0.2) is 34.8 Å². The zero-order valence-electron chi connectivity index (χ0n) is 16.0. The van der Waals surface area contributed by atoms with Crippen molar-refractivity contribution in [2.45, 2.75) is 52.0 Å². The maximum Gasteiger partial charge on any atom is 0.255 e. The maximum atomic E-state index is 12.9. The van der Waals surface area contributed by atoms with Crippen LogP contribution in [0.25, 0.3) is 5.69 Å². The lowest BCUT2D eigenvalue weighted by Crippen LogP contribution is -2.45. The fourth-order valence-corrected chi connectivity index (χ4v) is 3.16. The molecule has 1 atom stereocenters. The zero-order chi connectivity index (χ0) is 18.0. The Hall–Kier alpha value is -1.85. The van der Waals surface area contributed by atoms with Crippen LogP contribution >= 0.6 is 12.4 Å². The molecule has 1 fully saturated rings. The summed E-state index contributed by atoms with van der Waals surface area (Å²) < 4.78 is 1.81. The van der Waals surface area contributed by atoms with Crippen LogP contribution in [0.3, 0.4) is 0 Å². The lowest BCUT2D eigenvalue weighted by Gasteiger charge is -2.24. The van der Waals surface area contributed by atoms with Gasteiger partial charge >= 0.3 is 0 Å². The molecular weight excluding hydrogens is 348 g/mol. The van der Waals surface area contributed by atoms with Crippen molar-refractivity contribution in [3.63, 3.8) is 0 Å². The summed E-state index contributed by atoms with van der Waals surface area (Å²) in [5, 5.41) is 11.2. The van der Waals surface area contributed by atoms with Crippen LogP contribution in [0, 0.1) is 6.92 Å². The van der Waals surface area contributed by atoms with Gasteiger partial charge in [-0.15, -0.1) is 12.4 Å². The molecule has 3 rings (SSSR count). The molecule has 0 radical (unpaired) electrons. The molecule has 1 aliphatic rings. The van der Waals surface area contributed by atoms with Crippen molar-refractivity contribution in [3.05, 3.63) is 47.3 Å². The van der Waals surface area contributed by atoms with E-state index < -0.39 is 0 Å². The molecule has 1 saturated heterocycles. The second-order valence-corrected chi connectivity index (χ2v) is 7.94. The van der Waals surface area contributed by atoms with Crippen LogP contribution in [0.1, 0.15) is 55.2 Å². The summed E-state index contributed by atoms with van der Waals surface area (Å²) >= 11 is 0. The summed E-state index contributed by atoms with van der Waals surface area (Å²) in [6.45, 7) is 10.2. The highest BCUT2D eigenvalue weighted by Crippen LogP contribution is 2.26. The number of carbonyl (C=O) groups is 1. The van der Waals surface area contributed by atoms with Crippen LogP contribution in [0.15, 0.2) is 30.5 Å². The Morgan fingerprint density at radius 2 is 1.96 bits per heavy atom. The van der Waals surface area contributed by atoms with Gasteiger partial charge in [0.1, 0.15) is 0 Å². The molecule has 1 aliphatic heterocycles. The molecule has 0 saturated carbocycles. The Labute approximate surface area is 162 Å². The minimum Gasteiger partial charge on any atom is -0.348 e. The van der Waals surface area contributed by atoms with Gasteiger partial charge in [-0.1, -0.05) is 38.5 Å². The van der Waals surface area contributed by atoms with Gasteiger partial charge in [0.2, 0.25) is 0 Å². The van der Waals surface area contributed by atoms with Gasteiger partial charge < -0.3 is 10.6 Å². The van der Waals surface area contributed by atoms with E-state index in [0.717, 1.165) is 37.3 Å². The van der Waals surface area contributed by atoms with Gasteiger partial charge in [-0.2, -0.15) is 5.10 Å². The van der Waals surface area contributed by atoms with Crippen molar-refractivity contribution < 1.29 is 4.79 Å². The number of hydrogen-bond acceptors (Lipinski definition) is 3. The second-order valence-electron chi connectivity index (χ2n) is 7.94. The van der Waals surface area contributed by atoms with Crippen LogP contribution < -0.4 is 10.6 Å². The number of nitrogens with zero attached hydrogens (tertiary/aromatic N) is 2. The number of halogens is 1. The molecule has 2 N–H and O–H groups in total. The van der Waals surface area contributed by atoms with Gasteiger partial charge in [-0.25, -0.2) is 4.68 Å². The van der Waals surface area contributed by atoms with Crippen LogP contribution in [0.2, 0.25) is 0 Å². The zero-order valence-corrected chi connectivity index (χ0v) is 16.8. The summed E-state index contributed by atoms with van der Waals surface area (Å²) in [5.41, 5.74) is 3.46. The van der Waals surface area contributed by atoms with Crippen molar-refractivity contribution in [3.8, 4) is 5.69 Å². The molecular formula is C20H29ClN4O. The van der Waals surface area contributed by atoms with Gasteiger partial charge in [-0.05, 0) is 38.4 Å². The number of benzene rings is 1. The van der Waals surface area contributed by atoms with Crippen molar-refractivity contribution in [2.75, 3.05) is 13.1 Å². The first-order chi connectivity index (χ1) is 11.8. The molecule has 1 amide bonds. The molecule has 5 nitrogen and oxygen atoms in total. The number of nitrogens with one attached hydrogen (secondary N) is 2. The summed E-state index contributed by atoms with van der Waals surface area (Å²) in [6, 6.07) is 8.36. The SMILES string of the molecule is Cc1ccc(-n2cc(C(=O)N[C@H]3CCCNC3)c(C(C)(C)C)n2)cc1.Cl. The molecule has 6 heteroatoms. The Balaban J connectivity index is 0.00000243. The van der Waals surface area contributed by atoms with E-state index in [9.17, 15) is 4.79 Å². The molecule has 2 heterocycles. The predicted octanol–water partition coefficient (Wildman–Crippen LogP) is 3.38. The lowest BCUT2D eigenvalue weighted by molar-refractivity contribution is 0.0928. The smallest absolute Gasteiger partial charge is 0.255 e. The third kappa shape index (κ3) is 4.65. The van der Waals surface area contributed by atoms with E-state index in [2.05, 4.69) is 50.5 Å². The first-order valence-corrected chi connectivity index (χ1v) is 9.03. The van der Waals surface area contributed by atoms with E-state index in [1.165, 1.54) is 5.56 Å². The highest BCUT2D eigenvalue weighted by atomic mass is 35.5. The Morgan fingerprint density at radius 3 is 2.54 bits per heavy atom. The fraction of sp³-hybridized carbons (Fsp3) is 0.500. The van der Waals surface area contributed by atoms with Crippen molar-refractivity contribution in [1.82, 2.24) is 20.4 Å². The topological polar surface area (TPSA) is 59.0 Å². The lowest BCUT2D eigenvalue weighted by atomic mass is 9.89. The minimum absolute atomic E-state index is 0. The van der Waals surface area contributed by atoms with Crippen LogP contribution in [-0.2, 0) is 5.41 Å². The number of amides is 1. The van der Waals surface area contributed by atoms with Gasteiger partial charge in [0.25, 0.3) is 5.91 Å². The molecule has 1 aromatic heterocycles. The Kier molecular flexibility index (Phi) is 6.48. The van der Waals surface area contributed by atoms with Gasteiger partial charge in [-0.3, -0.25) is 4.79 Å². The number of rotatable bonds is 3. The molecule has 2 aromatic rings. The fourth-order valence-electron chi connectivity index (χ4n) is 3.16. The molecule has 1 aromatic carbocycles. The molecule has 0 aliphatic carbocycles. The van der Waals surface area contributed by atoms with Gasteiger partial charge in [0, 0.05) is 24.2 Å². The van der Waals surface area contributed by atoms with E-state index in [1.807, 2.05) is 23.0 Å². The van der Waals surface area contributed by atoms with Crippen LogP contribution in [0.4, 0.5) is 0 Å². The predicted molar refractivity (Wildman–Crippen MR) is 108 cm³/mol. The molecule has 26 heavy (non-hydrogen) atoms. The van der Waals surface area contributed by atoms with E-state index in [-0.39, 0.29) is 29.8 Å². The average molecular weight is 377 g/mol. The largest absolute Gasteiger partial charge is 0.348 e. The standard InChI is InChI=1S/C20H28N4O.ClH/c1-14-7-9-16(10-8-14)24-13-17(18(23-24)20(2,3)4)19(25)22-15-6-5-11-21-12-15;/h7-10,13,15,21H,5-6,11-12H2,1-4H3,(H,22,25);1H/t15-;/m0./s1. The normalized spacial score (nSPS) is 17.5. The Morgan fingerprint density at radius 1 is 1.27 bits per heavy atom. The number of aromatic nitrogens is 2. The quantitative estimate of drug-likeness (QED) is 0.863. The first kappa shape index (κ1) is 20.5. The second kappa shape index (κ2) is 8.23. The monoisotopic (exact) mass is 376 g/mol. The maximum absolute atomic E-state index is 12.9. The molecule has 0 unspecified atom stereocenters. The van der Waals surface area contributed by atoms with E-state index in [1.54, 1.807) is 0 Å². The summed E-state index contributed by atoms with van der Waals surface area (Å²) in [4.78, 5) is 12.9. The van der Waals surface area contributed by atoms with Crippen molar-refractivity contribution in [1.29, 1.82) is 0 Å². The molecule has 142 valence electrons. The van der Waals surface area contributed by atoms with Gasteiger partial charge in [0.05, 0.1) is 16.9 Å². The van der Waals surface area contributed by atoms with Gasteiger partial charge in [0.15, 0.2) is 0 Å². The average Bonchev–Trinajstić information content (AvgIpc) is 3.02. The summed E-state index contributed by atoms with van der Waals surface area (Å²) in [5.74, 6) is -0.0306. The highest BCUT2D eigenvalue weighted by Gasteiger charge is 2.28. The third-order valence-corrected chi connectivity index (χ3v) is 4.60. The van der Waals surface area contributed by atoms with Crippen LogP contribution in [0.5, 0.6) is 0 Å². The van der Waals surface area contributed by atoms with E-state index >= 15 is 0 Å². The highest BCUT2D eigenvalue weighted by molar-refractivity contribution is 5.95. The third-order valence-electron chi connectivity index (χ3n) is 4.60. The number of aryl methyl sites for hydroxylation is 1. The number of hydrogen-bond donors (Lipinski definition) is 2. The summed E-state index contributed by atoms with van der Waals surface area (Å²) in [6.07, 6.45) is 3.98. The van der Waals surface area contributed by atoms with Crippen molar-refractivity contribution in [2.24, 2.45) is 0 Å². The molecule has 0 bridgehead atoms. The first-order valence-electron chi connectivity index (χ1n) is 9.03. The Bertz CT molecular complexity index is 740.